The van der Waals surface area contributed by atoms with Crippen LogP contribution in [0.1, 0.15) is 11.1 Å². The molecule has 1 heterocycles. The van der Waals surface area contributed by atoms with Crippen molar-refractivity contribution in [2.45, 2.75) is 5.88 Å². The van der Waals surface area contributed by atoms with Gasteiger partial charge in [0.15, 0.2) is 0 Å². The second-order valence-corrected chi connectivity index (χ2v) is 1.82. The van der Waals surface area contributed by atoms with Gasteiger partial charge in [-0.2, -0.15) is 5.26 Å². The number of alkyl halides is 1. The molecule has 1 aromatic rings. The van der Waals surface area contributed by atoms with Crippen molar-refractivity contribution in [3.63, 3.8) is 0 Å². The Morgan fingerprint density at radius 1 is 1.67 bits per heavy atom. The summed E-state index contributed by atoms with van der Waals surface area (Å²) >= 11 is 5.44. The summed E-state index contributed by atoms with van der Waals surface area (Å²) in [6.45, 7) is 0. The van der Waals surface area contributed by atoms with Crippen LogP contribution in [0.4, 0.5) is 0 Å². The van der Waals surface area contributed by atoms with Crippen LogP contribution in [0.5, 0.6) is 0 Å². The molecular formula is C6H4ClNO. The SMILES string of the molecule is N#Cc1cocc1CCl. The van der Waals surface area contributed by atoms with E-state index in [-0.39, 0.29) is 0 Å². The maximum atomic E-state index is 8.37. The Morgan fingerprint density at radius 3 is 2.89 bits per heavy atom. The molecule has 0 aliphatic heterocycles. The van der Waals surface area contributed by atoms with Crippen LogP contribution >= 0.6 is 11.6 Å². The van der Waals surface area contributed by atoms with Crippen LogP contribution in [-0.4, -0.2) is 0 Å². The number of rotatable bonds is 1. The minimum absolute atomic E-state index is 0.333. The van der Waals surface area contributed by atoms with E-state index >= 15 is 0 Å². The molecule has 0 amide bonds. The van der Waals surface area contributed by atoms with Crippen LogP contribution in [0.3, 0.4) is 0 Å². The second-order valence-electron chi connectivity index (χ2n) is 1.56. The molecular weight excluding hydrogens is 138 g/mol. The molecule has 0 radical (unpaired) electrons. The summed E-state index contributed by atoms with van der Waals surface area (Å²) in [6.07, 6.45) is 2.86. The number of nitrogens with zero attached hydrogens (tertiary/aromatic N) is 1. The zero-order valence-electron chi connectivity index (χ0n) is 4.60. The Morgan fingerprint density at radius 2 is 2.44 bits per heavy atom. The predicted octanol–water partition coefficient (Wildman–Crippen LogP) is 1.89. The van der Waals surface area contributed by atoms with Crippen LogP contribution in [0.25, 0.3) is 0 Å². The molecule has 0 N–H and O–H groups in total. The van der Waals surface area contributed by atoms with Crippen LogP contribution in [-0.2, 0) is 5.88 Å². The van der Waals surface area contributed by atoms with Gasteiger partial charge in [0, 0.05) is 5.56 Å². The van der Waals surface area contributed by atoms with E-state index in [1.165, 1.54) is 12.5 Å². The normalized spacial score (nSPS) is 8.89. The largest absolute Gasteiger partial charge is 0.471 e. The van der Waals surface area contributed by atoms with Gasteiger partial charge < -0.3 is 4.42 Å². The van der Waals surface area contributed by atoms with Gasteiger partial charge in [0.2, 0.25) is 0 Å². The van der Waals surface area contributed by atoms with Crippen molar-refractivity contribution in [3.05, 3.63) is 23.7 Å². The topological polar surface area (TPSA) is 36.9 Å². The maximum Gasteiger partial charge on any atom is 0.108 e. The van der Waals surface area contributed by atoms with Gasteiger partial charge in [0.05, 0.1) is 17.7 Å². The molecule has 0 saturated carbocycles. The number of nitriles is 1. The second kappa shape index (κ2) is 2.56. The molecule has 0 aliphatic carbocycles. The van der Waals surface area contributed by atoms with Gasteiger partial charge in [-0.3, -0.25) is 0 Å². The first-order valence-corrected chi connectivity index (χ1v) is 2.93. The summed E-state index contributed by atoms with van der Waals surface area (Å²) in [5, 5.41) is 8.37. The minimum atomic E-state index is 0.333. The highest BCUT2D eigenvalue weighted by Crippen LogP contribution is 2.10. The zero-order chi connectivity index (χ0) is 6.69. The van der Waals surface area contributed by atoms with Crippen LogP contribution in [0.2, 0.25) is 0 Å². The Balaban J connectivity index is 3.02. The van der Waals surface area contributed by atoms with Crippen molar-refractivity contribution in [1.29, 1.82) is 5.26 Å². The van der Waals surface area contributed by atoms with Gasteiger partial charge in [-0.15, -0.1) is 11.6 Å². The van der Waals surface area contributed by atoms with Gasteiger partial charge in [-0.1, -0.05) is 0 Å². The first-order valence-electron chi connectivity index (χ1n) is 2.39. The average molecular weight is 142 g/mol. The van der Waals surface area contributed by atoms with Crippen molar-refractivity contribution < 1.29 is 4.42 Å². The molecule has 0 saturated heterocycles. The average Bonchev–Trinajstić information content (AvgIpc) is 2.33. The quantitative estimate of drug-likeness (QED) is 0.560. The van der Waals surface area contributed by atoms with Crippen LogP contribution < -0.4 is 0 Å². The molecule has 0 aromatic carbocycles. The highest BCUT2D eigenvalue weighted by atomic mass is 35.5. The van der Waals surface area contributed by atoms with Crippen molar-refractivity contribution in [2.75, 3.05) is 0 Å². The van der Waals surface area contributed by atoms with Crippen LogP contribution in [0.15, 0.2) is 16.9 Å². The Labute approximate surface area is 57.7 Å². The number of hydrogen-bond acceptors (Lipinski definition) is 2. The van der Waals surface area contributed by atoms with Crippen molar-refractivity contribution >= 4 is 11.6 Å². The fourth-order valence-electron chi connectivity index (χ4n) is 0.525. The summed E-state index contributed by atoms with van der Waals surface area (Å²) in [5.41, 5.74) is 1.27. The first kappa shape index (κ1) is 6.18. The third-order valence-electron chi connectivity index (χ3n) is 1.01. The van der Waals surface area contributed by atoms with E-state index in [1.807, 2.05) is 6.07 Å². The highest BCUT2D eigenvalue weighted by Gasteiger charge is 2.00. The van der Waals surface area contributed by atoms with E-state index in [9.17, 15) is 0 Å². The fraction of sp³-hybridized carbons (Fsp3) is 0.167. The molecule has 0 aliphatic rings. The van der Waals surface area contributed by atoms with E-state index < -0.39 is 0 Å². The minimum Gasteiger partial charge on any atom is -0.471 e. The van der Waals surface area contributed by atoms with E-state index in [0.717, 1.165) is 5.56 Å². The Kier molecular flexibility index (Phi) is 1.76. The molecule has 1 rings (SSSR count). The van der Waals surface area contributed by atoms with E-state index in [4.69, 9.17) is 21.3 Å². The Bertz CT molecular complexity index is 235. The number of hydrogen-bond donors (Lipinski definition) is 0. The summed E-state index contributed by atoms with van der Waals surface area (Å²) < 4.78 is 4.72. The van der Waals surface area contributed by atoms with Crippen molar-refractivity contribution in [3.8, 4) is 6.07 Å². The molecule has 1 aromatic heterocycles. The third kappa shape index (κ3) is 1.06. The highest BCUT2D eigenvalue weighted by molar-refractivity contribution is 6.17. The summed E-state index contributed by atoms with van der Waals surface area (Å²) in [7, 11) is 0. The summed E-state index contributed by atoms with van der Waals surface area (Å²) in [6, 6.07) is 1.95. The van der Waals surface area contributed by atoms with Gasteiger partial charge >= 0.3 is 0 Å². The molecule has 46 valence electrons. The smallest absolute Gasteiger partial charge is 0.108 e. The lowest BCUT2D eigenvalue weighted by atomic mass is 10.2. The fourth-order valence-corrected chi connectivity index (χ4v) is 0.732. The number of furan rings is 1. The summed E-state index contributed by atoms with van der Waals surface area (Å²) in [5.74, 6) is 0.333. The predicted molar refractivity (Wildman–Crippen MR) is 33.0 cm³/mol. The van der Waals surface area contributed by atoms with E-state index in [0.29, 0.717) is 11.4 Å². The number of halogens is 1. The molecule has 0 fully saturated rings. The maximum absolute atomic E-state index is 8.37. The molecule has 9 heavy (non-hydrogen) atoms. The van der Waals surface area contributed by atoms with Gasteiger partial charge in [0.1, 0.15) is 12.3 Å². The standard InChI is InChI=1S/C6H4ClNO/c7-1-5-3-9-4-6(5)2-8/h3-4H,1H2. The molecule has 0 unspecified atom stereocenters. The lowest BCUT2D eigenvalue weighted by molar-refractivity contribution is 0.564. The van der Waals surface area contributed by atoms with E-state index in [1.54, 1.807) is 0 Å². The summed E-state index contributed by atoms with van der Waals surface area (Å²) in [4.78, 5) is 0. The lowest BCUT2D eigenvalue weighted by Gasteiger charge is -1.81. The first-order chi connectivity index (χ1) is 4.38. The third-order valence-corrected chi connectivity index (χ3v) is 1.29. The molecule has 3 heteroatoms. The van der Waals surface area contributed by atoms with Gasteiger partial charge in [-0.05, 0) is 0 Å². The monoisotopic (exact) mass is 141 g/mol. The van der Waals surface area contributed by atoms with Crippen molar-refractivity contribution in [2.24, 2.45) is 0 Å². The van der Waals surface area contributed by atoms with Gasteiger partial charge in [-0.25, -0.2) is 0 Å². The molecule has 0 atom stereocenters. The van der Waals surface area contributed by atoms with Crippen molar-refractivity contribution in [1.82, 2.24) is 0 Å². The van der Waals surface area contributed by atoms with E-state index in [2.05, 4.69) is 0 Å². The lowest BCUT2D eigenvalue weighted by Crippen LogP contribution is -1.74. The zero-order valence-corrected chi connectivity index (χ0v) is 5.35. The molecule has 0 bridgehead atoms. The van der Waals surface area contributed by atoms with Gasteiger partial charge in [0.25, 0.3) is 0 Å². The van der Waals surface area contributed by atoms with Crippen LogP contribution in [0, 0.1) is 11.3 Å². The molecule has 2 nitrogen and oxygen atoms in total. The Hall–Kier alpha value is -0.940. The molecule has 0 spiro atoms.